The summed E-state index contributed by atoms with van der Waals surface area (Å²) >= 11 is 0. The topological polar surface area (TPSA) is 79.7 Å². The normalized spacial score (nSPS) is 17.4. The summed E-state index contributed by atoms with van der Waals surface area (Å²) in [6, 6.07) is 7.63. The zero-order chi connectivity index (χ0) is 32.5. The van der Waals surface area contributed by atoms with Crippen LogP contribution >= 0.6 is 0 Å². The number of benzene rings is 3. The number of ether oxygens (including phenoxy) is 2. The fraction of sp³-hybridized carbons (Fsp3) is 0.276. The predicted octanol–water partition coefficient (Wildman–Crippen LogP) is 7.39. The average molecular weight is 661 g/mol. The first-order chi connectivity index (χ1) is 21.1. The summed E-state index contributed by atoms with van der Waals surface area (Å²) in [6.07, 6.45) is -2.02. The maximum atomic E-state index is 14.2. The molecule has 1 spiro atoms. The molecule has 0 saturated heterocycles. The van der Waals surface area contributed by atoms with Crippen molar-refractivity contribution in [1.29, 1.82) is 0 Å². The van der Waals surface area contributed by atoms with Gasteiger partial charge in [0.25, 0.3) is 0 Å². The Bertz CT molecular complexity index is 1910. The third-order valence-corrected chi connectivity index (χ3v) is 9.02. The van der Waals surface area contributed by atoms with Gasteiger partial charge in [0.1, 0.15) is 28.1 Å². The van der Waals surface area contributed by atoms with Crippen molar-refractivity contribution in [2.75, 3.05) is 0 Å². The number of hydrogen-bond donors (Lipinski definition) is 0. The first-order valence-electron chi connectivity index (χ1n) is 13.3. The number of aryl methyl sites for hydroxylation is 1. The lowest BCUT2D eigenvalue weighted by atomic mass is 9.73. The van der Waals surface area contributed by atoms with E-state index in [9.17, 15) is 43.5 Å². The van der Waals surface area contributed by atoms with E-state index < -0.39 is 73.3 Å². The summed E-state index contributed by atoms with van der Waals surface area (Å²) in [5.74, 6) is -14.2. The van der Waals surface area contributed by atoms with Crippen LogP contribution in [0.3, 0.4) is 0 Å². The molecule has 45 heavy (non-hydrogen) atoms. The molecule has 3 aromatic carbocycles. The number of alkyl halides is 3. The summed E-state index contributed by atoms with van der Waals surface area (Å²) in [4.78, 5) is -0.731. The minimum atomic E-state index is -5.17. The fourth-order valence-electron chi connectivity index (χ4n) is 5.35. The summed E-state index contributed by atoms with van der Waals surface area (Å²) < 4.78 is 154. The largest absolute Gasteiger partial charge is 0.487 e. The smallest absolute Gasteiger partial charge is 0.416 e. The molecule has 2 aliphatic rings. The fourth-order valence-corrected chi connectivity index (χ4v) is 6.29. The van der Waals surface area contributed by atoms with Crippen LogP contribution < -0.4 is 13.7 Å². The average Bonchev–Trinajstić information content (AvgIpc) is 3.41. The Morgan fingerprint density at radius 2 is 1.60 bits per heavy atom. The first-order valence-corrected chi connectivity index (χ1v) is 14.7. The molecule has 1 atom stereocenters. The van der Waals surface area contributed by atoms with Crippen molar-refractivity contribution in [3.8, 4) is 28.5 Å². The molecule has 16 heteroatoms. The lowest BCUT2D eigenvalue weighted by Crippen LogP contribution is -2.47. The van der Waals surface area contributed by atoms with Crippen LogP contribution in [0.2, 0.25) is 0 Å². The summed E-state index contributed by atoms with van der Waals surface area (Å²) in [7, 11) is -3.63. The van der Waals surface area contributed by atoms with Crippen LogP contribution in [0.25, 0.3) is 11.3 Å². The molecule has 2 heterocycles. The van der Waals surface area contributed by atoms with Crippen LogP contribution in [0.1, 0.15) is 42.9 Å². The minimum absolute atomic E-state index is 0.0398. The Balaban J connectivity index is 1.38. The third kappa shape index (κ3) is 5.34. The number of halogens is 8. The number of nitrogens with zero attached hydrogens (tertiary/aromatic N) is 2. The molecule has 1 aliphatic carbocycles. The number of fused-ring (bicyclic) bond motifs is 1. The van der Waals surface area contributed by atoms with Crippen molar-refractivity contribution in [2.45, 2.75) is 48.5 Å². The Hall–Kier alpha value is -4.34. The monoisotopic (exact) mass is 660 g/mol. The van der Waals surface area contributed by atoms with Crippen molar-refractivity contribution >= 4 is 10.1 Å². The molecule has 0 N–H and O–H groups in total. The molecule has 0 unspecified atom stereocenters. The van der Waals surface area contributed by atoms with Crippen molar-refractivity contribution < 1.29 is 57.2 Å². The first kappa shape index (κ1) is 30.7. The van der Waals surface area contributed by atoms with Gasteiger partial charge >= 0.3 is 16.3 Å². The van der Waals surface area contributed by atoms with Crippen molar-refractivity contribution in [3.63, 3.8) is 0 Å². The number of aromatic nitrogens is 2. The van der Waals surface area contributed by atoms with Crippen LogP contribution in [0.15, 0.2) is 53.6 Å². The highest BCUT2D eigenvalue weighted by Gasteiger charge is 2.47. The van der Waals surface area contributed by atoms with E-state index in [1.54, 1.807) is 7.05 Å². The van der Waals surface area contributed by atoms with Crippen LogP contribution in [0.4, 0.5) is 35.1 Å². The number of rotatable bonds is 6. The molecule has 1 saturated carbocycles. The van der Waals surface area contributed by atoms with Gasteiger partial charge in [-0.1, -0.05) is 6.07 Å². The highest BCUT2D eigenvalue weighted by molar-refractivity contribution is 7.87. The minimum Gasteiger partial charge on any atom is -0.487 e. The molecule has 1 aliphatic heterocycles. The van der Waals surface area contributed by atoms with E-state index in [-0.39, 0.29) is 23.5 Å². The standard InChI is InChI=1S/C29H20F8N2O5S/c1-39-18(7-10-38-39)17-11-14(29(35,36)37)3-6-19(17)42-21-13-28(8-2-9-28)43-20-12-15(4-5-16(20)21)45(40,41)44-27-25(33)23(31)22(30)24(32)26(27)34/h3-7,10-12,21H,2,8-9,13H2,1H3/t21-/m1/s1. The summed E-state index contributed by atoms with van der Waals surface area (Å²) in [5.41, 5.74) is -1.03. The van der Waals surface area contributed by atoms with Crippen molar-refractivity contribution in [1.82, 2.24) is 9.78 Å². The summed E-state index contributed by atoms with van der Waals surface area (Å²) in [6.45, 7) is 0. The molecular weight excluding hydrogens is 640 g/mol. The van der Waals surface area contributed by atoms with Gasteiger partial charge in [0, 0.05) is 36.9 Å². The second kappa shape index (κ2) is 10.6. The third-order valence-electron chi connectivity index (χ3n) is 7.80. The van der Waals surface area contributed by atoms with Gasteiger partial charge in [-0.15, -0.1) is 0 Å². The Labute approximate surface area is 250 Å². The van der Waals surface area contributed by atoms with E-state index >= 15 is 0 Å². The zero-order valence-electron chi connectivity index (χ0n) is 22.9. The highest BCUT2D eigenvalue weighted by Crippen LogP contribution is 2.51. The molecular formula is C29H20F8N2O5S. The molecule has 0 amide bonds. The zero-order valence-corrected chi connectivity index (χ0v) is 23.7. The lowest BCUT2D eigenvalue weighted by molar-refractivity contribution is -0.137. The maximum absolute atomic E-state index is 14.2. The van der Waals surface area contributed by atoms with Gasteiger partial charge < -0.3 is 13.7 Å². The Morgan fingerprint density at radius 3 is 2.18 bits per heavy atom. The lowest BCUT2D eigenvalue weighted by Gasteiger charge is -2.47. The molecule has 1 aromatic heterocycles. The van der Waals surface area contributed by atoms with Crippen LogP contribution in [0.5, 0.6) is 17.2 Å². The van der Waals surface area contributed by atoms with Gasteiger partial charge in [-0.05, 0) is 49.6 Å². The van der Waals surface area contributed by atoms with Crippen molar-refractivity contribution in [2.24, 2.45) is 7.05 Å². The van der Waals surface area contributed by atoms with E-state index in [1.807, 2.05) is 0 Å². The Kier molecular flexibility index (Phi) is 7.25. The summed E-state index contributed by atoms with van der Waals surface area (Å²) in [5, 5.41) is 4.03. The van der Waals surface area contributed by atoms with Crippen LogP contribution in [-0.4, -0.2) is 23.8 Å². The Morgan fingerprint density at radius 1 is 0.933 bits per heavy atom. The van der Waals surface area contributed by atoms with Gasteiger partial charge in [-0.2, -0.15) is 35.5 Å². The van der Waals surface area contributed by atoms with Gasteiger partial charge in [-0.3, -0.25) is 4.68 Å². The van der Waals surface area contributed by atoms with Gasteiger partial charge in [0.2, 0.25) is 34.8 Å². The van der Waals surface area contributed by atoms with E-state index in [2.05, 4.69) is 9.28 Å². The van der Waals surface area contributed by atoms with Gasteiger partial charge in [-0.25, -0.2) is 13.2 Å². The van der Waals surface area contributed by atoms with Gasteiger partial charge in [0.05, 0.1) is 11.3 Å². The van der Waals surface area contributed by atoms with E-state index in [4.69, 9.17) is 9.47 Å². The second-order valence-electron chi connectivity index (χ2n) is 10.6. The molecule has 4 aromatic rings. The molecule has 1 fully saturated rings. The molecule has 0 radical (unpaired) electrons. The number of hydrogen-bond acceptors (Lipinski definition) is 6. The molecule has 6 rings (SSSR count). The molecule has 0 bridgehead atoms. The van der Waals surface area contributed by atoms with E-state index in [0.29, 0.717) is 24.1 Å². The van der Waals surface area contributed by atoms with E-state index in [1.165, 1.54) is 29.1 Å². The predicted molar refractivity (Wildman–Crippen MR) is 139 cm³/mol. The van der Waals surface area contributed by atoms with Crippen LogP contribution in [0, 0.1) is 29.1 Å². The maximum Gasteiger partial charge on any atom is 0.416 e. The van der Waals surface area contributed by atoms with Gasteiger partial charge in [0.15, 0.2) is 0 Å². The molecule has 7 nitrogen and oxygen atoms in total. The van der Waals surface area contributed by atoms with Crippen molar-refractivity contribution in [3.05, 3.63) is 88.9 Å². The quantitative estimate of drug-likeness (QED) is 0.0929. The highest BCUT2D eigenvalue weighted by atomic mass is 32.2. The SMILES string of the molecule is Cn1nccc1-c1cc(C(F)(F)F)ccc1O[C@@H]1CC2(CCC2)Oc2cc(S(=O)(=O)Oc3c(F)c(F)c(F)c(F)c3F)ccc21. The van der Waals surface area contributed by atoms with E-state index in [0.717, 1.165) is 30.7 Å². The second-order valence-corrected chi connectivity index (χ2v) is 12.2. The molecule has 238 valence electrons. The van der Waals surface area contributed by atoms with Crippen LogP contribution in [-0.2, 0) is 23.3 Å².